The summed E-state index contributed by atoms with van der Waals surface area (Å²) in [5.41, 5.74) is 2.88. The summed E-state index contributed by atoms with van der Waals surface area (Å²) < 4.78 is 28.4. The predicted molar refractivity (Wildman–Crippen MR) is 174 cm³/mol. The van der Waals surface area contributed by atoms with Gasteiger partial charge in [0.15, 0.2) is 0 Å². The van der Waals surface area contributed by atoms with Crippen LogP contribution >= 0.6 is 0 Å². The van der Waals surface area contributed by atoms with Crippen molar-refractivity contribution >= 4 is 32.6 Å². The van der Waals surface area contributed by atoms with Crippen LogP contribution in [0.25, 0.3) is 10.8 Å². The Morgan fingerprint density at radius 1 is 0.818 bits per heavy atom. The minimum Gasteiger partial charge on any atom is -0.352 e. The van der Waals surface area contributed by atoms with Crippen molar-refractivity contribution in [1.82, 2.24) is 14.5 Å². The van der Waals surface area contributed by atoms with Gasteiger partial charge in [0.05, 0.1) is 11.4 Å². The van der Waals surface area contributed by atoms with E-state index in [4.69, 9.17) is 0 Å². The number of likely N-dealkylation sites (N-methyl/N-ethyl adjacent to an activating group) is 1. The average molecular weight is 612 g/mol. The maximum absolute atomic E-state index is 14.2. The van der Waals surface area contributed by atoms with Gasteiger partial charge in [-0.05, 0) is 53.8 Å². The lowest BCUT2D eigenvalue weighted by Crippen LogP contribution is -2.54. The fraction of sp³-hybridized carbons (Fsp3) is 0.333. The Morgan fingerprint density at radius 3 is 2.18 bits per heavy atom. The normalized spacial score (nSPS) is 14.8. The monoisotopic (exact) mass is 611 g/mol. The number of rotatable bonds is 11. The van der Waals surface area contributed by atoms with Gasteiger partial charge in [0.1, 0.15) is 6.04 Å². The van der Waals surface area contributed by atoms with Gasteiger partial charge in [-0.15, -0.1) is 0 Å². The van der Waals surface area contributed by atoms with Crippen molar-refractivity contribution in [2.24, 2.45) is 0 Å². The second kappa shape index (κ2) is 14.2. The number of hydrogen-bond donors (Lipinski definition) is 1. The molecule has 0 unspecified atom stereocenters. The zero-order chi connectivity index (χ0) is 31.1. The molecule has 5 rings (SSSR count). The molecule has 0 spiro atoms. The van der Waals surface area contributed by atoms with E-state index in [0.717, 1.165) is 63.9 Å². The van der Waals surface area contributed by atoms with Gasteiger partial charge in [-0.3, -0.25) is 9.59 Å². The second-order valence-corrected chi connectivity index (χ2v) is 13.9. The minimum absolute atomic E-state index is 0.0711. The third-order valence-corrected chi connectivity index (χ3v) is 10.3. The van der Waals surface area contributed by atoms with E-state index in [9.17, 15) is 18.0 Å². The average Bonchev–Trinajstić information content (AvgIpc) is 3.04. The molecule has 0 saturated heterocycles. The van der Waals surface area contributed by atoms with Gasteiger partial charge < -0.3 is 10.2 Å². The Labute approximate surface area is 260 Å². The standard InChI is InChI=1S/C36H41N3O4S/c1-27-17-19-29(20-18-27)25-39(34(23-28-11-5-3-6-12-28)36(41)37-32-15-7-4-8-16-32)35(40)26-38(2)44(42,43)33-22-21-30-13-9-10-14-31(30)24-33/h3,5-6,9-14,17-22,24,32,34H,4,7-8,15-16,23,25-26H2,1-2H3,(H,37,41)/t34-/m0/s1. The molecule has 230 valence electrons. The van der Waals surface area contributed by atoms with Crippen LogP contribution in [0.4, 0.5) is 0 Å². The number of fused-ring (bicyclic) bond motifs is 1. The first-order valence-corrected chi connectivity index (χ1v) is 16.8. The van der Waals surface area contributed by atoms with Crippen LogP contribution in [0.3, 0.4) is 0 Å². The van der Waals surface area contributed by atoms with Gasteiger partial charge in [0, 0.05) is 26.1 Å². The molecule has 4 aromatic rings. The Morgan fingerprint density at radius 2 is 1.48 bits per heavy atom. The largest absolute Gasteiger partial charge is 0.352 e. The van der Waals surface area contributed by atoms with Gasteiger partial charge in [-0.1, -0.05) is 110 Å². The SMILES string of the molecule is Cc1ccc(CN(C(=O)CN(C)S(=O)(=O)c2ccc3ccccc3c2)[C@@H](Cc2ccccc2)C(=O)NC2CCCCC2)cc1. The van der Waals surface area contributed by atoms with E-state index >= 15 is 0 Å². The molecule has 0 heterocycles. The summed E-state index contributed by atoms with van der Waals surface area (Å²) in [6.45, 7) is 1.77. The van der Waals surface area contributed by atoms with Crippen molar-refractivity contribution in [1.29, 1.82) is 0 Å². The molecule has 1 N–H and O–H groups in total. The fourth-order valence-corrected chi connectivity index (χ4v) is 7.02. The Kier molecular flexibility index (Phi) is 10.1. The first-order valence-electron chi connectivity index (χ1n) is 15.3. The summed E-state index contributed by atoms with van der Waals surface area (Å²) in [7, 11) is -2.56. The fourth-order valence-electron chi connectivity index (χ4n) is 5.86. The van der Waals surface area contributed by atoms with Crippen molar-refractivity contribution in [2.45, 2.75) is 69.0 Å². The van der Waals surface area contributed by atoms with Crippen LogP contribution < -0.4 is 5.32 Å². The molecule has 0 radical (unpaired) electrons. The number of nitrogens with one attached hydrogen (secondary N) is 1. The molecule has 1 fully saturated rings. The van der Waals surface area contributed by atoms with Crippen LogP contribution in [0.1, 0.15) is 48.8 Å². The van der Waals surface area contributed by atoms with Gasteiger partial charge in [-0.25, -0.2) is 8.42 Å². The first kappa shape index (κ1) is 31.4. The predicted octanol–water partition coefficient (Wildman–Crippen LogP) is 5.86. The lowest BCUT2D eigenvalue weighted by Gasteiger charge is -2.34. The molecule has 7 nitrogen and oxygen atoms in total. The van der Waals surface area contributed by atoms with E-state index in [1.807, 2.05) is 85.8 Å². The summed E-state index contributed by atoms with van der Waals surface area (Å²) in [4.78, 5) is 29.9. The van der Waals surface area contributed by atoms with E-state index in [0.29, 0.717) is 6.42 Å². The summed E-state index contributed by atoms with van der Waals surface area (Å²) in [5.74, 6) is -0.640. The van der Waals surface area contributed by atoms with Gasteiger partial charge >= 0.3 is 0 Å². The highest BCUT2D eigenvalue weighted by atomic mass is 32.2. The van der Waals surface area contributed by atoms with Crippen LogP contribution in [-0.2, 0) is 32.6 Å². The number of benzene rings is 4. The van der Waals surface area contributed by atoms with E-state index in [2.05, 4.69) is 5.32 Å². The Bertz CT molecular complexity index is 1680. The highest BCUT2D eigenvalue weighted by Gasteiger charge is 2.34. The van der Waals surface area contributed by atoms with E-state index in [1.165, 1.54) is 7.05 Å². The number of amides is 2. The summed E-state index contributed by atoms with van der Waals surface area (Å²) >= 11 is 0. The van der Waals surface area contributed by atoms with Crippen molar-refractivity contribution in [2.75, 3.05) is 13.6 Å². The third kappa shape index (κ3) is 7.73. The van der Waals surface area contributed by atoms with Crippen molar-refractivity contribution < 1.29 is 18.0 Å². The van der Waals surface area contributed by atoms with Crippen LogP contribution in [-0.4, -0.2) is 55.1 Å². The molecule has 4 aromatic carbocycles. The molecule has 1 saturated carbocycles. The lowest BCUT2D eigenvalue weighted by molar-refractivity contribution is -0.141. The van der Waals surface area contributed by atoms with Gasteiger partial charge in [0.2, 0.25) is 21.8 Å². The zero-order valence-electron chi connectivity index (χ0n) is 25.5. The number of carbonyl (C=O) groups excluding carboxylic acids is 2. The minimum atomic E-state index is -3.98. The van der Waals surface area contributed by atoms with Crippen molar-refractivity contribution in [3.8, 4) is 0 Å². The zero-order valence-corrected chi connectivity index (χ0v) is 26.3. The van der Waals surface area contributed by atoms with Crippen molar-refractivity contribution in [3.05, 3.63) is 114 Å². The van der Waals surface area contributed by atoms with E-state index in [1.54, 1.807) is 23.1 Å². The molecule has 0 aromatic heterocycles. The third-order valence-electron chi connectivity index (χ3n) is 8.48. The van der Waals surface area contributed by atoms with Crippen LogP contribution in [0.2, 0.25) is 0 Å². The quantitative estimate of drug-likeness (QED) is 0.230. The number of sulfonamides is 1. The highest BCUT2D eigenvalue weighted by Crippen LogP contribution is 2.23. The van der Waals surface area contributed by atoms with Crippen molar-refractivity contribution in [3.63, 3.8) is 0 Å². The Hall–Kier alpha value is -4.01. The maximum Gasteiger partial charge on any atom is 0.243 e. The van der Waals surface area contributed by atoms with Crippen LogP contribution in [0.5, 0.6) is 0 Å². The van der Waals surface area contributed by atoms with Gasteiger partial charge in [-0.2, -0.15) is 4.31 Å². The molecule has 0 bridgehead atoms. The second-order valence-electron chi connectivity index (χ2n) is 11.8. The molecule has 8 heteroatoms. The smallest absolute Gasteiger partial charge is 0.243 e. The summed E-state index contributed by atoms with van der Waals surface area (Å²) in [6, 6.07) is 29.3. The molecule has 1 aliphatic rings. The maximum atomic E-state index is 14.2. The Balaban J connectivity index is 1.45. The topological polar surface area (TPSA) is 86.8 Å². The first-order chi connectivity index (χ1) is 21.2. The van der Waals surface area contributed by atoms with E-state index < -0.39 is 28.5 Å². The highest BCUT2D eigenvalue weighted by molar-refractivity contribution is 7.89. The lowest BCUT2D eigenvalue weighted by atomic mass is 9.94. The molecule has 44 heavy (non-hydrogen) atoms. The molecular formula is C36H41N3O4S. The molecule has 0 aliphatic heterocycles. The molecular weight excluding hydrogens is 570 g/mol. The number of aryl methyl sites for hydroxylation is 1. The van der Waals surface area contributed by atoms with E-state index in [-0.39, 0.29) is 23.4 Å². The molecule has 1 atom stereocenters. The summed E-state index contributed by atoms with van der Waals surface area (Å²) in [5, 5.41) is 4.97. The number of carbonyl (C=O) groups is 2. The number of hydrogen-bond acceptors (Lipinski definition) is 4. The van der Waals surface area contributed by atoms with Gasteiger partial charge in [0.25, 0.3) is 0 Å². The number of nitrogens with zero attached hydrogens (tertiary/aromatic N) is 2. The molecule has 2 amide bonds. The summed E-state index contributed by atoms with van der Waals surface area (Å²) in [6.07, 6.45) is 5.45. The molecule has 1 aliphatic carbocycles. The van der Waals surface area contributed by atoms with Crippen LogP contribution in [0.15, 0.2) is 102 Å². The van der Waals surface area contributed by atoms with Crippen LogP contribution in [0, 0.1) is 6.92 Å².